The van der Waals surface area contributed by atoms with Crippen LogP contribution < -0.4 is 10.6 Å². The number of aryl methyl sites for hydroxylation is 1. The molecule has 0 bridgehead atoms. The third-order valence-electron chi connectivity index (χ3n) is 5.19. The van der Waals surface area contributed by atoms with Crippen molar-refractivity contribution < 1.29 is 9.53 Å². The number of carbonyl (C=O) groups excluding carboxylic acids is 1. The van der Waals surface area contributed by atoms with Gasteiger partial charge in [0.25, 0.3) is 5.78 Å². The Morgan fingerprint density at radius 3 is 2.88 bits per heavy atom. The SMILES string of the molecule is Cc1cc(N2CCC([C@H]3OCC[C@@H]3C(N)=O)CC2)n2ncnc2n1. The molecule has 2 aliphatic rings. The van der Waals surface area contributed by atoms with Crippen LogP contribution in [0.5, 0.6) is 0 Å². The molecule has 0 radical (unpaired) electrons. The zero-order valence-corrected chi connectivity index (χ0v) is 13.8. The first kappa shape index (κ1) is 15.3. The third kappa shape index (κ3) is 2.60. The quantitative estimate of drug-likeness (QED) is 0.882. The summed E-state index contributed by atoms with van der Waals surface area (Å²) in [6.45, 7) is 4.40. The summed E-state index contributed by atoms with van der Waals surface area (Å²) in [5, 5.41) is 4.28. The molecule has 128 valence electrons. The molecule has 0 saturated carbocycles. The average molecular weight is 330 g/mol. The smallest absolute Gasteiger partial charge is 0.254 e. The molecule has 4 rings (SSSR count). The number of ether oxygens (including phenoxy) is 1. The lowest BCUT2D eigenvalue weighted by Gasteiger charge is -2.36. The molecule has 0 aliphatic carbocycles. The van der Waals surface area contributed by atoms with Crippen LogP contribution in [0, 0.1) is 18.8 Å². The highest BCUT2D eigenvalue weighted by molar-refractivity contribution is 5.77. The Bertz CT molecular complexity index is 752. The Hall–Kier alpha value is -2.22. The van der Waals surface area contributed by atoms with Gasteiger partial charge in [0, 0.05) is 31.5 Å². The van der Waals surface area contributed by atoms with Crippen LogP contribution in [-0.2, 0) is 9.53 Å². The van der Waals surface area contributed by atoms with Gasteiger partial charge in [0.05, 0.1) is 12.0 Å². The van der Waals surface area contributed by atoms with Crippen molar-refractivity contribution in [2.45, 2.75) is 32.3 Å². The summed E-state index contributed by atoms with van der Waals surface area (Å²) in [6, 6.07) is 2.04. The van der Waals surface area contributed by atoms with Gasteiger partial charge < -0.3 is 15.4 Å². The van der Waals surface area contributed by atoms with Gasteiger partial charge in [0.2, 0.25) is 5.91 Å². The first-order chi connectivity index (χ1) is 11.6. The van der Waals surface area contributed by atoms with Crippen LogP contribution in [0.3, 0.4) is 0 Å². The molecule has 2 atom stereocenters. The number of nitrogens with zero attached hydrogens (tertiary/aromatic N) is 5. The van der Waals surface area contributed by atoms with Gasteiger partial charge in [0.1, 0.15) is 12.1 Å². The van der Waals surface area contributed by atoms with Gasteiger partial charge in [-0.3, -0.25) is 4.79 Å². The molecule has 2 aromatic heterocycles. The van der Waals surface area contributed by atoms with Crippen molar-refractivity contribution >= 4 is 17.5 Å². The molecular formula is C16H22N6O2. The van der Waals surface area contributed by atoms with Crippen molar-refractivity contribution in [3.05, 3.63) is 18.1 Å². The molecule has 8 heteroatoms. The number of anilines is 1. The fourth-order valence-electron chi connectivity index (χ4n) is 3.97. The van der Waals surface area contributed by atoms with Gasteiger partial charge in [-0.1, -0.05) is 0 Å². The highest BCUT2D eigenvalue weighted by Gasteiger charge is 2.39. The number of fused-ring (bicyclic) bond motifs is 1. The highest BCUT2D eigenvalue weighted by atomic mass is 16.5. The van der Waals surface area contributed by atoms with E-state index in [0.717, 1.165) is 43.9 Å². The number of hydrogen-bond donors (Lipinski definition) is 1. The summed E-state index contributed by atoms with van der Waals surface area (Å²) < 4.78 is 7.61. The van der Waals surface area contributed by atoms with Crippen LogP contribution in [0.1, 0.15) is 25.0 Å². The summed E-state index contributed by atoms with van der Waals surface area (Å²) in [5.41, 5.74) is 6.46. The second-order valence-electron chi connectivity index (χ2n) is 6.68. The van der Waals surface area contributed by atoms with Crippen LogP contribution in [0.15, 0.2) is 12.4 Å². The summed E-state index contributed by atoms with van der Waals surface area (Å²) in [5.74, 6) is 1.67. The molecule has 1 amide bonds. The maximum Gasteiger partial charge on any atom is 0.254 e. The topological polar surface area (TPSA) is 98.6 Å². The van der Waals surface area contributed by atoms with Crippen LogP contribution in [0.2, 0.25) is 0 Å². The summed E-state index contributed by atoms with van der Waals surface area (Å²) in [4.78, 5) is 22.5. The van der Waals surface area contributed by atoms with E-state index in [1.54, 1.807) is 4.52 Å². The Morgan fingerprint density at radius 2 is 2.12 bits per heavy atom. The van der Waals surface area contributed by atoms with E-state index in [4.69, 9.17) is 10.5 Å². The number of primary amides is 1. The number of aromatic nitrogens is 4. The molecule has 0 aromatic carbocycles. The standard InChI is InChI=1S/C16H22N6O2/c1-10-8-13(22-16(20-10)18-9-19-22)21-5-2-11(3-6-21)14-12(15(17)23)4-7-24-14/h8-9,11-12,14H,2-7H2,1H3,(H2,17,23)/t12-,14+/m0/s1. The summed E-state index contributed by atoms with van der Waals surface area (Å²) in [6.07, 6.45) is 4.22. The van der Waals surface area contributed by atoms with E-state index in [-0.39, 0.29) is 17.9 Å². The Morgan fingerprint density at radius 1 is 1.33 bits per heavy atom. The minimum Gasteiger partial charge on any atom is -0.377 e. The van der Waals surface area contributed by atoms with E-state index in [1.807, 2.05) is 13.0 Å². The number of rotatable bonds is 3. The monoisotopic (exact) mass is 330 g/mol. The molecule has 0 unspecified atom stereocenters. The molecular weight excluding hydrogens is 308 g/mol. The maximum atomic E-state index is 11.6. The lowest BCUT2D eigenvalue weighted by molar-refractivity contribution is -0.124. The maximum absolute atomic E-state index is 11.6. The predicted octanol–water partition coefficient (Wildman–Crippen LogP) is 0.540. The average Bonchev–Trinajstić information content (AvgIpc) is 3.23. The van der Waals surface area contributed by atoms with E-state index >= 15 is 0 Å². The fourth-order valence-corrected chi connectivity index (χ4v) is 3.97. The Balaban J connectivity index is 1.50. The summed E-state index contributed by atoms with van der Waals surface area (Å²) in [7, 11) is 0. The predicted molar refractivity (Wildman–Crippen MR) is 87.5 cm³/mol. The van der Waals surface area contributed by atoms with Crippen molar-refractivity contribution in [3.63, 3.8) is 0 Å². The first-order valence-corrected chi connectivity index (χ1v) is 8.47. The van der Waals surface area contributed by atoms with Gasteiger partial charge in [-0.05, 0) is 32.1 Å². The molecule has 24 heavy (non-hydrogen) atoms. The second-order valence-corrected chi connectivity index (χ2v) is 6.68. The van der Waals surface area contributed by atoms with Gasteiger partial charge in [-0.2, -0.15) is 14.6 Å². The summed E-state index contributed by atoms with van der Waals surface area (Å²) >= 11 is 0. The second kappa shape index (κ2) is 6.01. The van der Waals surface area contributed by atoms with Crippen LogP contribution in [-0.4, -0.2) is 51.3 Å². The van der Waals surface area contributed by atoms with Crippen molar-refractivity contribution in [1.82, 2.24) is 19.6 Å². The van der Waals surface area contributed by atoms with E-state index in [0.29, 0.717) is 18.3 Å². The fraction of sp³-hybridized carbons (Fsp3) is 0.625. The largest absolute Gasteiger partial charge is 0.377 e. The molecule has 4 heterocycles. The Labute approximate surface area is 140 Å². The number of amides is 1. The molecule has 8 nitrogen and oxygen atoms in total. The van der Waals surface area contributed by atoms with E-state index in [1.165, 1.54) is 6.33 Å². The molecule has 2 N–H and O–H groups in total. The number of carbonyl (C=O) groups is 1. The minimum atomic E-state index is -0.228. The van der Waals surface area contributed by atoms with E-state index in [2.05, 4.69) is 20.0 Å². The minimum absolute atomic E-state index is 0.0183. The van der Waals surface area contributed by atoms with Crippen molar-refractivity contribution in [2.24, 2.45) is 17.6 Å². The van der Waals surface area contributed by atoms with E-state index < -0.39 is 0 Å². The lowest BCUT2D eigenvalue weighted by Crippen LogP contribution is -2.42. The molecule has 2 aliphatic heterocycles. The normalized spacial score (nSPS) is 25.5. The third-order valence-corrected chi connectivity index (χ3v) is 5.19. The number of nitrogens with two attached hydrogens (primary N) is 1. The van der Waals surface area contributed by atoms with Crippen molar-refractivity contribution in [2.75, 3.05) is 24.6 Å². The van der Waals surface area contributed by atoms with Gasteiger partial charge >= 0.3 is 0 Å². The highest BCUT2D eigenvalue weighted by Crippen LogP contribution is 2.34. The Kier molecular flexibility index (Phi) is 3.84. The zero-order valence-electron chi connectivity index (χ0n) is 13.8. The zero-order chi connectivity index (χ0) is 16.7. The van der Waals surface area contributed by atoms with Crippen molar-refractivity contribution in [1.29, 1.82) is 0 Å². The molecule has 2 aromatic rings. The molecule has 0 spiro atoms. The van der Waals surface area contributed by atoms with Crippen LogP contribution in [0.4, 0.5) is 5.82 Å². The van der Waals surface area contributed by atoms with Crippen molar-refractivity contribution in [3.8, 4) is 0 Å². The van der Waals surface area contributed by atoms with Crippen LogP contribution in [0.25, 0.3) is 5.78 Å². The van der Waals surface area contributed by atoms with Gasteiger partial charge in [-0.15, -0.1) is 0 Å². The molecule has 2 fully saturated rings. The van der Waals surface area contributed by atoms with E-state index in [9.17, 15) is 4.79 Å². The van der Waals surface area contributed by atoms with Gasteiger partial charge in [-0.25, -0.2) is 4.98 Å². The number of piperidine rings is 1. The molecule has 2 saturated heterocycles. The lowest BCUT2D eigenvalue weighted by atomic mass is 9.84. The van der Waals surface area contributed by atoms with Gasteiger partial charge in [0.15, 0.2) is 0 Å². The first-order valence-electron chi connectivity index (χ1n) is 8.47. The number of hydrogen-bond acceptors (Lipinski definition) is 6. The van der Waals surface area contributed by atoms with Crippen LogP contribution >= 0.6 is 0 Å².